The van der Waals surface area contributed by atoms with Gasteiger partial charge >= 0.3 is 0 Å². The number of aromatic nitrogens is 3. The second-order valence-corrected chi connectivity index (χ2v) is 8.79. The average molecular weight is 467 g/mol. The number of hydrogen-bond donors (Lipinski definition) is 1. The molecule has 0 bridgehead atoms. The maximum Gasteiger partial charge on any atom is 0.234 e. The normalized spacial score (nSPS) is 10.8. The zero-order valence-electron chi connectivity index (χ0n) is 19.5. The predicted octanol–water partition coefficient (Wildman–Crippen LogP) is 5.21. The van der Waals surface area contributed by atoms with E-state index in [1.807, 2.05) is 17.6 Å². The summed E-state index contributed by atoms with van der Waals surface area (Å²) in [5.74, 6) is 2.70. The van der Waals surface area contributed by atoms with Crippen LogP contribution >= 0.6 is 11.8 Å². The molecule has 0 saturated heterocycles. The van der Waals surface area contributed by atoms with E-state index in [0.29, 0.717) is 29.1 Å². The zero-order valence-corrected chi connectivity index (χ0v) is 20.3. The second kappa shape index (κ2) is 11.6. The minimum Gasteiger partial charge on any atom is -0.497 e. The summed E-state index contributed by atoms with van der Waals surface area (Å²) in [5, 5.41) is 12.1. The van der Waals surface area contributed by atoms with Gasteiger partial charge in [0, 0.05) is 12.2 Å². The number of carbonyl (C=O) groups is 1. The Morgan fingerprint density at radius 1 is 1.21 bits per heavy atom. The molecule has 7 nitrogen and oxygen atoms in total. The van der Waals surface area contributed by atoms with Crippen molar-refractivity contribution in [1.29, 1.82) is 0 Å². The van der Waals surface area contributed by atoms with Gasteiger partial charge in [-0.25, -0.2) is 0 Å². The van der Waals surface area contributed by atoms with Crippen molar-refractivity contribution in [1.82, 2.24) is 14.8 Å². The molecule has 0 spiro atoms. The lowest BCUT2D eigenvalue weighted by Crippen LogP contribution is -2.15. The Morgan fingerprint density at radius 2 is 1.97 bits per heavy atom. The van der Waals surface area contributed by atoms with Crippen LogP contribution in [0.3, 0.4) is 0 Å². The fraction of sp³-hybridized carbons (Fsp3) is 0.320. The number of thioether (sulfide) groups is 1. The van der Waals surface area contributed by atoms with E-state index in [9.17, 15) is 4.79 Å². The highest BCUT2D eigenvalue weighted by Crippen LogP contribution is 2.28. The molecule has 1 amide bonds. The lowest BCUT2D eigenvalue weighted by Gasteiger charge is -2.15. The molecule has 33 heavy (non-hydrogen) atoms. The van der Waals surface area contributed by atoms with Crippen molar-refractivity contribution in [2.45, 2.75) is 45.0 Å². The molecule has 0 fully saturated rings. The van der Waals surface area contributed by atoms with Gasteiger partial charge in [0.15, 0.2) is 11.0 Å². The Bertz CT molecular complexity index is 1090. The first-order valence-electron chi connectivity index (χ1n) is 10.7. The SMILES string of the molecule is C=CCn1c(COc2cc(C)ccc2C(C)C)nnc1SCC(=O)Nc1ccc(OC)cc1. The lowest BCUT2D eigenvalue weighted by molar-refractivity contribution is -0.113. The summed E-state index contributed by atoms with van der Waals surface area (Å²) in [6, 6.07) is 13.4. The van der Waals surface area contributed by atoms with Crippen molar-refractivity contribution < 1.29 is 14.3 Å². The molecular formula is C25H30N4O3S. The number of rotatable bonds is 11. The largest absolute Gasteiger partial charge is 0.497 e. The summed E-state index contributed by atoms with van der Waals surface area (Å²) in [6.45, 7) is 11.0. The van der Waals surface area contributed by atoms with E-state index < -0.39 is 0 Å². The van der Waals surface area contributed by atoms with Crippen LogP contribution < -0.4 is 14.8 Å². The van der Waals surface area contributed by atoms with Crippen molar-refractivity contribution >= 4 is 23.4 Å². The van der Waals surface area contributed by atoms with Crippen LogP contribution in [0.4, 0.5) is 5.69 Å². The molecule has 0 aliphatic heterocycles. The first kappa shape index (κ1) is 24.4. The first-order chi connectivity index (χ1) is 15.9. The van der Waals surface area contributed by atoms with Crippen LogP contribution in [-0.2, 0) is 17.9 Å². The number of amides is 1. The quantitative estimate of drug-likeness (QED) is 0.309. The molecule has 0 saturated carbocycles. The topological polar surface area (TPSA) is 78.3 Å². The Kier molecular flexibility index (Phi) is 8.54. The third kappa shape index (κ3) is 6.61. The summed E-state index contributed by atoms with van der Waals surface area (Å²) in [7, 11) is 1.60. The molecule has 1 heterocycles. The Hall–Kier alpha value is -3.26. The summed E-state index contributed by atoms with van der Waals surface area (Å²) in [4.78, 5) is 12.4. The van der Waals surface area contributed by atoms with Gasteiger partial charge in [-0.05, 0) is 54.3 Å². The Balaban J connectivity index is 1.65. The fourth-order valence-electron chi connectivity index (χ4n) is 3.23. The number of carbonyl (C=O) groups excluding carboxylic acids is 1. The van der Waals surface area contributed by atoms with Gasteiger partial charge in [0.1, 0.15) is 18.1 Å². The number of ether oxygens (including phenoxy) is 2. The molecule has 2 aromatic carbocycles. The lowest BCUT2D eigenvalue weighted by atomic mass is 10.0. The van der Waals surface area contributed by atoms with Gasteiger partial charge in [0.25, 0.3) is 0 Å². The monoisotopic (exact) mass is 466 g/mol. The van der Waals surface area contributed by atoms with E-state index >= 15 is 0 Å². The van der Waals surface area contributed by atoms with E-state index in [1.165, 1.54) is 11.8 Å². The third-order valence-corrected chi connectivity index (χ3v) is 5.93. The minimum absolute atomic E-state index is 0.127. The van der Waals surface area contributed by atoms with Gasteiger partial charge < -0.3 is 14.8 Å². The van der Waals surface area contributed by atoms with Gasteiger partial charge in [-0.1, -0.05) is 43.8 Å². The molecule has 0 unspecified atom stereocenters. The van der Waals surface area contributed by atoms with E-state index in [4.69, 9.17) is 9.47 Å². The van der Waals surface area contributed by atoms with E-state index in [2.05, 4.69) is 48.1 Å². The smallest absolute Gasteiger partial charge is 0.234 e. The zero-order chi connectivity index (χ0) is 23.8. The van der Waals surface area contributed by atoms with Crippen molar-refractivity contribution in [3.8, 4) is 11.5 Å². The molecule has 0 aliphatic rings. The van der Waals surface area contributed by atoms with Crippen LogP contribution in [0.15, 0.2) is 60.3 Å². The van der Waals surface area contributed by atoms with Crippen molar-refractivity contribution in [3.05, 3.63) is 72.1 Å². The van der Waals surface area contributed by atoms with Gasteiger partial charge in [0.05, 0.1) is 12.9 Å². The van der Waals surface area contributed by atoms with Crippen molar-refractivity contribution in [2.24, 2.45) is 0 Å². The highest BCUT2D eigenvalue weighted by atomic mass is 32.2. The van der Waals surface area contributed by atoms with Crippen molar-refractivity contribution in [3.63, 3.8) is 0 Å². The molecular weight excluding hydrogens is 436 g/mol. The number of hydrogen-bond acceptors (Lipinski definition) is 6. The van der Waals surface area contributed by atoms with Crippen LogP contribution in [0.25, 0.3) is 0 Å². The van der Waals surface area contributed by atoms with Gasteiger partial charge in [-0.15, -0.1) is 16.8 Å². The summed E-state index contributed by atoms with van der Waals surface area (Å²) >= 11 is 1.32. The van der Waals surface area contributed by atoms with Crippen LogP contribution in [-0.4, -0.2) is 33.5 Å². The molecule has 0 radical (unpaired) electrons. The number of nitrogens with one attached hydrogen (secondary N) is 1. The van der Waals surface area contributed by atoms with Crippen LogP contribution in [0.5, 0.6) is 11.5 Å². The highest BCUT2D eigenvalue weighted by Gasteiger charge is 2.16. The third-order valence-electron chi connectivity index (χ3n) is 4.96. The molecule has 3 aromatic rings. The molecule has 3 rings (SSSR count). The van der Waals surface area contributed by atoms with Crippen LogP contribution in [0.2, 0.25) is 0 Å². The number of nitrogens with zero attached hydrogens (tertiary/aromatic N) is 3. The Labute approximate surface area is 199 Å². The number of benzene rings is 2. The van der Waals surface area contributed by atoms with E-state index in [0.717, 1.165) is 22.6 Å². The molecule has 8 heteroatoms. The summed E-state index contributed by atoms with van der Waals surface area (Å²) in [5.41, 5.74) is 3.00. The molecule has 174 valence electrons. The molecule has 1 aromatic heterocycles. The van der Waals surface area contributed by atoms with Crippen LogP contribution in [0, 0.1) is 6.92 Å². The average Bonchev–Trinajstić information content (AvgIpc) is 3.18. The standard InChI is InChI=1S/C25H30N4O3S/c1-6-13-29-23(15-32-22-14-18(4)7-12-21(22)17(2)3)27-28-25(29)33-16-24(30)26-19-8-10-20(31-5)11-9-19/h6-12,14,17H,1,13,15-16H2,2-5H3,(H,26,30). The van der Waals surface area contributed by atoms with Gasteiger partial charge in [0.2, 0.25) is 5.91 Å². The molecule has 0 atom stereocenters. The number of aryl methyl sites for hydroxylation is 1. The summed E-state index contributed by atoms with van der Waals surface area (Å²) < 4.78 is 13.2. The number of allylic oxidation sites excluding steroid dienone is 1. The molecule has 1 N–H and O–H groups in total. The molecule has 0 aliphatic carbocycles. The van der Waals surface area contributed by atoms with E-state index in [1.54, 1.807) is 37.5 Å². The predicted molar refractivity (Wildman–Crippen MR) is 132 cm³/mol. The fourth-order valence-corrected chi connectivity index (χ4v) is 4.00. The summed E-state index contributed by atoms with van der Waals surface area (Å²) in [6.07, 6.45) is 1.78. The number of methoxy groups -OCH3 is 1. The minimum atomic E-state index is -0.127. The maximum atomic E-state index is 12.4. The first-order valence-corrected chi connectivity index (χ1v) is 11.7. The van der Waals surface area contributed by atoms with E-state index in [-0.39, 0.29) is 18.3 Å². The van der Waals surface area contributed by atoms with Gasteiger partial charge in [-0.3, -0.25) is 9.36 Å². The second-order valence-electron chi connectivity index (χ2n) is 7.85. The Morgan fingerprint density at radius 3 is 2.64 bits per heavy atom. The van der Waals surface area contributed by atoms with Gasteiger partial charge in [-0.2, -0.15) is 0 Å². The maximum absolute atomic E-state index is 12.4. The highest BCUT2D eigenvalue weighted by molar-refractivity contribution is 7.99. The van der Waals surface area contributed by atoms with Crippen LogP contribution in [0.1, 0.15) is 36.7 Å². The van der Waals surface area contributed by atoms with Crippen molar-refractivity contribution in [2.75, 3.05) is 18.2 Å². The number of anilines is 1.